The smallest absolute Gasteiger partial charge is 0.336 e. The van der Waals surface area contributed by atoms with Crippen LogP contribution in [0.2, 0.25) is 5.02 Å². The highest BCUT2D eigenvalue weighted by atomic mass is 35.5. The van der Waals surface area contributed by atoms with Crippen LogP contribution in [0.25, 0.3) is 0 Å². The summed E-state index contributed by atoms with van der Waals surface area (Å²) in [6, 6.07) is 25.3. The van der Waals surface area contributed by atoms with Gasteiger partial charge in [0.05, 0.1) is 12.2 Å². The van der Waals surface area contributed by atoms with Gasteiger partial charge in [-0.2, -0.15) is 0 Å². The largest absolute Gasteiger partial charge is 0.489 e. The standard InChI is InChI=1S/C34H34ClNO5/c1-3-39-17-18-40-34(38)31-22(2)36-29-19-26(24-9-13-27(35)14-10-24)20-30(37)33(29)32(31)25-11-15-28(16-12-25)41-21-23-7-5-4-6-8-23/h4-16,26,32,36H,3,17-21H2,1-2H3/t26-,32+/m1/s1. The number of nitrogens with one attached hydrogen (secondary N) is 1. The summed E-state index contributed by atoms with van der Waals surface area (Å²) in [5, 5.41) is 4.06. The number of carbonyl (C=O) groups excluding carboxylic acids is 2. The number of halogens is 1. The number of hydrogen-bond acceptors (Lipinski definition) is 6. The van der Waals surface area contributed by atoms with E-state index in [4.69, 9.17) is 25.8 Å². The molecule has 0 bridgehead atoms. The van der Waals surface area contributed by atoms with E-state index >= 15 is 0 Å². The molecule has 212 valence electrons. The van der Waals surface area contributed by atoms with Crippen LogP contribution in [0.1, 0.15) is 55.2 Å². The maximum Gasteiger partial charge on any atom is 0.336 e. The number of dihydropyridines is 1. The lowest BCUT2D eigenvalue weighted by molar-refractivity contribution is -0.140. The lowest BCUT2D eigenvalue weighted by atomic mass is 9.72. The first-order valence-corrected chi connectivity index (χ1v) is 14.3. The van der Waals surface area contributed by atoms with Crippen LogP contribution in [-0.4, -0.2) is 31.6 Å². The number of allylic oxidation sites excluding steroid dienone is 3. The first kappa shape index (κ1) is 28.7. The fraction of sp³-hybridized carbons (Fsp3) is 0.294. The number of esters is 1. The van der Waals surface area contributed by atoms with Crippen molar-refractivity contribution in [3.8, 4) is 5.75 Å². The molecule has 0 aromatic heterocycles. The quantitative estimate of drug-likeness (QED) is 0.212. The summed E-state index contributed by atoms with van der Waals surface area (Å²) in [5.74, 6) is -0.260. The van der Waals surface area contributed by atoms with Crippen molar-refractivity contribution in [2.45, 2.75) is 45.1 Å². The number of hydrogen-bond donors (Lipinski definition) is 1. The second-order valence-electron chi connectivity index (χ2n) is 10.2. The van der Waals surface area contributed by atoms with Crippen molar-refractivity contribution in [1.29, 1.82) is 0 Å². The van der Waals surface area contributed by atoms with Crippen molar-refractivity contribution in [1.82, 2.24) is 5.32 Å². The Morgan fingerprint density at radius 2 is 1.63 bits per heavy atom. The molecule has 5 rings (SSSR count). The molecule has 7 heteroatoms. The number of Topliss-reactive ketones (excluding diaryl/α,β-unsaturated/α-hetero) is 1. The highest BCUT2D eigenvalue weighted by Crippen LogP contribution is 2.46. The minimum atomic E-state index is -0.548. The summed E-state index contributed by atoms with van der Waals surface area (Å²) in [5.41, 5.74) is 5.56. The molecule has 0 fully saturated rings. The van der Waals surface area contributed by atoms with Gasteiger partial charge in [-0.3, -0.25) is 4.79 Å². The third-order valence-electron chi connectivity index (χ3n) is 7.52. The zero-order valence-electron chi connectivity index (χ0n) is 23.3. The summed E-state index contributed by atoms with van der Waals surface area (Å²) in [6.07, 6.45) is 1.00. The molecule has 0 saturated carbocycles. The van der Waals surface area contributed by atoms with Crippen molar-refractivity contribution in [2.24, 2.45) is 0 Å². The van der Waals surface area contributed by atoms with E-state index in [1.54, 1.807) is 0 Å². The monoisotopic (exact) mass is 571 g/mol. The minimum Gasteiger partial charge on any atom is -0.489 e. The van der Waals surface area contributed by atoms with E-state index in [0.717, 1.165) is 22.4 Å². The molecule has 1 heterocycles. The van der Waals surface area contributed by atoms with E-state index in [9.17, 15) is 9.59 Å². The zero-order valence-corrected chi connectivity index (χ0v) is 24.1. The van der Waals surface area contributed by atoms with Crippen LogP contribution in [-0.2, 0) is 25.7 Å². The molecular formula is C34H34ClNO5. The van der Waals surface area contributed by atoms with Crippen LogP contribution in [0.15, 0.2) is 101 Å². The van der Waals surface area contributed by atoms with Gasteiger partial charge in [-0.25, -0.2) is 4.79 Å². The van der Waals surface area contributed by atoms with E-state index in [2.05, 4.69) is 5.32 Å². The first-order chi connectivity index (χ1) is 19.9. The molecule has 0 radical (unpaired) electrons. The normalized spacial score (nSPS) is 18.6. The molecule has 41 heavy (non-hydrogen) atoms. The van der Waals surface area contributed by atoms with E-state index < -0.39 is 11.9 Å². The minimum absolute atomic E-state index is 0.0141. The van der Waals surface area contributed by atoms with Crippen molar-refractivity contribution in [2.75, 3.05) is 19.8 Å². The Kier molecular flexibility index (Phi) is 9.22. The van der Waals surface area contributed by atoms with Gasteiger partial charge in [0.25, 0.3) is 0 Å². The highest BCUT2D eigenvalue weighted by molar-refractivity contribution is 6.30. The van der Waals surface area contributed by atoms with Gasteiger partial charge in [-0.15, -0.1) is 0 Å². The SMILES string of the molecule is CCOCCOC(=O)C1=C(C)NC2=C(C(=O)C[C@H](c3ccc(Cl)cc3)C2)[C@H]1c1ccc(OCc2ccccc2)cc1. The lowest BCUT2D eigenvalue weighted by Crippen LogP contribution is -2.36. The zero-order chi connectivity index (χ0) is 28.8. The van der Waals surface area contributed by atoms with Crippen molar-refractivity contribution in [3.63, 3.8) is 0 Å². The van der Waals surface area contributed by atoms with Gasteiger partial charge in [-0.05, 0) is 67.1 Å². The average molecular weight is 572 g/mol. The van der Waals surface area contributed by atoms with Crippen molar-refractivity contribution < 1.29 is 23.8 Å². The van der Waals surface area contributed by atoms with Gasteiger partial charge in [0.2, 0.25) is 0 Å². The summed E-state index contributed by atoms with van der Waals surface area (Å²) in [4.78, 5) is 27.3. The third-order valence-corrected chi connectivity index (χ3v) is 7.77. The lowest BCUT2D eigenvalue weighted by Gasteiger charge is -2.36. The topological polar surface area (TPSA) is 73.9 Å². The third kappa shape index (κ3) is 6.72. The second-order valence-corrected chi connectivity index (χ2v) is 10.7. The second kappa shape index (κ2) is 13.2. The highest BCUT2D eigenvalue weighted by Gasteiger charge is 2.41. The molecule has 0 amide bonds. The van der Waals surface area contributed by atoms with Crippen LogP contribution in [0.3, 0.4) is 0 Å². The van der Waals surface area contributed by atoms with E-state index in [1.807, 2.05) is 92.7 Å². The Labute approximate surface area is 246 Å². The van der Waals surface area contributed by atoms with Gasteiger partial charge in [0, 0.05) is 40.9 Å². The Morgan fingerprint density at radius 3 is 2.34 bits per heavy atom. The summed E-state index contributed by atoms with van der Waals surface area (Å²) in [7, 11) is 0. The maximum atomic E-state index is 13.8. The predicted octanol–water partition coefficient (Wildman–Crippen LogP) is 6.86. The molecule has 1 aliphatic carbocycles. The molecule has 0 spiro atoms. The van der Waals surface area contributed by atoms with Crippen LogP contribution < -0.4 is 10.1 Å². The number of carbonyl (C=O) groups is 2. The van der Waals surface area contributed by atoms with E-state index in [0.29, 0.717) is 60.3 Å². The van der Waals surface area contributed by atoms with E-state index in [-0.39, 0.29) is 18.3 Å². The maximum absolute atomic E-state index is 13.8. The van der Waals surface area contributed by atoms with Gasteiger partial charge in [-0.1, -0.05) is 66.2 Å². The van der Waals surface area contributed by atoms with Gasteiger partial charge in [0.15, 0.2) is 5.78 Å². The fourth-order valence-electron chi connectivity index (χ4n) is 5.53. The van der Waals surface area contributed by atoms with Crippen LogP contribution in [0.4, 0.5) is 0 Å². The molecule has 0 saturated heterocycles. The van der Waals surface area contributed by atoms with Gasteiger partial charge >= 0.3 is 5.97 Å². The Morgan fingerprint density at radius 1 is 0.927 bits per heavy atom. The summed E-state index contributed by atoms with van der Waals surface area (Å²) in [6.45, 7) is 5.20. The van der Waals surface area contributed by atoms with Crippen LogP contribution >= 0.6 is 11.6 Å². The molecule has 6 nitrogen and oxygen atoms in total. The molecule has 0 unspecified atom stereocenters. The first-order valence-electron chi connectivity index (χ1n) is 14.0. The average Bonchev–Trinajstić information content (AvgIpc) is 2.98. The number of ketones is 1. The Balaban J connectivity index is 1.44. The Hall–Kier alpha value is -3.87. The van der Waals surface area contributed by atoms with E-state index in [1.165, 1.54) is 0 Å². The van der Waals surface area contributed by atoms with Crippen LogP contribution in [0.5, 0.6) is 5.75 Å². The van der Waals surface area contributed by atoms with Gasteiger partial charge < -0.3 is 19.5 Å². The summed E-state index contributed by atoms with van der Waals surface area (Å²) >= 11 is 6.10. The molecule has 3 aromatic carbocycles. The van der Waals surface area contributed by atoms with Gasteiger partial charge in [0.1, 0.15) is 19.0 Å². The Bertz CT molecular complexity index is 1440. The fourth-order valence-corrected chi connectivity index (χ4v) is 5.65. The molecule has 2 atom stereocenters. The molecule has 1 aliphatic heterocycles. The number of rotatable bonds is 10. The number of ether oxygens (including phenoxy) is 3. The molecule has 1 N–H and O–H groups in total. The van der Waals surface area contributed by atoms with Crippen LogP contribution in [0, 0.1) is 0 Å². The summed E-state index contributed by atoms with van der Waals surface area (Å²) < 4.78 is 16.9. The number of benzene rings is 3. The molecule has 3 aromatic rings. The molecule has 2 aliphatic rings. The van der Waals surface area contributed by atoms with Crippen molar-refractivity contribution in [3.05, 3.63) is 123 Å². The predicted molar refractivity (Wildman–Crippen MR) is 159 cm³/mol. The van der Waals surface area contributed by atoms with Crippen molar-refractivity contribution >= 4 is 23.4 Å². The molecular weight excluding hydrogens is 538 g/mol.